The van der Waals surface area contributed by atoms with Crippen molar-refractivity contribution < 1.29 is 4.79 Å². The largest absolute Gasteiger partial charge is 0.352 e. The molecule has 6 heteroatoms. The van der Waals surface area contributed by atoms with E-state index in [1.807, 2.05) is 6.92 Å². The fraction of sp³-hybridized carbons (Fsp3) is 0.833. The molecule has 3 saturated carbocycles. The van der Waals surface area contributed by atoms with Crippen LogP contribution in [0.15, 0.2) is 5.16 Å². The standard InChI is InChI=1S/C18H28N4OS/c1-11-5-3-4-6-15(11)19-17(23)12(2)24-18-21-20-16(13-7-8-13)22(18)14-9-10-14/h11-15H,3-10H2,1-2H3,(H,19,23)/t11-,12+,15+/m0/s1. The Hall–Kier alpha value is -1.04. The molecule has 0 radical (unpaired) electrons. The second-order valence-electron chi connectivity index (χ2n) is 7.85. The number of hydrogen-bond donors (Lipinski definition) is 1. The number of thioether (sulfide) groups is 1. The zero-order valence-electron chi connectivity index (χ0n) is 14.7. The number of carbonyl (C=O) groups excluding carboxylic acids is 1. The molecule has 3 atom stereocenters. The Morgan fingerprint density at radius 2 is 1.92 bits per heavy atom. The second kappa shape index (κ2) is 6.70. The van der Waals surface area contributed by atoms with Crippen LogP contribution < -0.4 is 5.32 Å². The maximum Gasteiger partial charge on any atom is 0.233 e. The molecular weight excluding hydrogens is 320 g/mol. The zero-order chi connectivity index (χ0) is 16.7. The lowest BCUT2D eigenvalue weighted by molar-refractivity contribution is -0.121. The third-order valence-electron chi connectivity index (χ3n) is 5.64. The lowest BCUT2D eigenvalue weighted by Gasteiger charge is -2.30. The predicted molar refractivity (Wildman–Crippen MR) is 95.1 cm³/mol. The minimum absolute atomic E-state index is 0.118. The summed E-state index contributed by atoms with van der Waals surface area (Å²) in [5.41, 5.74) is 0. The van der Waals surface area contributed by atoms with Crippen molar-refractivity contribution in [2.24, 2.45) is 5.92 Å². The van der Waals surface area contributed by atoms with Crippen LogP contribution in [0.5, 0.6) is 0 Å². The number of carbonyl (C=O) groups is 1. The topological polar surface area (TPSA) is 59.8 Å². The van der Waals surface area contributed by atoms with Gasteiger partial charge in [0.1, 0.15) is 5.82 Å². The number of nitrogens with one attached hydrogen (secondary N) is 1. The molecule has 24 heavy (non-hydrogen) atoms. The zero-order valence-corrected chi connectivity index (χ0v) is 15.5. The summed E-state index contributed by atoms with van der Waals surface area (Å²) >= 11 is 1.58. The molecule has 5 nitrogen and oxygen atoms in total. The van der Waals surface area contributed by atoms with Gasteiger partial charge in [-0.1, -0.05) is 31.5 Å². The van der Waals surface area contributed by atoms with Crippen LogP contribution in [0.4, 0.5) is 0 Å². The average molecular weight is 349 g/mol. The molecule has 0 unspecified atom stereocenters. The van der Waals surface area contributed by atoms with E-state index in [2.05, 4.69) is 27.0 Å². The SMILES string of the molecule is C[C@@H](Sc1nnc(C2CC2)n1C1CC1)C(=O)N[C@@H]1CCCC[C@@H]1C. The molecule has 1 N–H and O–H groups in total. The molecule has 3 aliphatic carbocycles. The lowest BCUT2D eigenvalue weighted by Crippen LogP contribution is -2.44. The van der Waals surface area contributed by atoms with Gasteiger partial charge in [-0.05, 0) is 51.4 Å². The van der Waals surface area contributed by atoms with Crippen LogP contribution in [-0.4, -0.2) is 32.0 Å². The summed E-state index contributed by atoms with van der Waals surface area (Å²) < 4.78 is 2.33. The molecule has 0 spiro atoms. The van der Waals surface area contributed by atoms with Crippen molar-refractivity contribution in [3.63, 3.8) is 0 Å². The molecule has 3 aliphatic rings. The quantitative estimate of drug-likeness (QED) is 0.797. The summed E-state index contributed by atoms with van der Waals surface area (Å²) in [6.45, 7) is 4.25. The van der Waals surface area contributed by atoms with Gasteiger partial charge in [-0.2, -0.15) is 0 Å². The predicted octanol–water partition coefficient (Wildman–Crippen LogP) is 3.67. The lowest BCUT2D eigenvalue weighted by atomic mass is 9.86. The molecule has 3 fully saturated rings. The average Bonchev–Trinajstić information content (AvgIpc) is 3.49. The summed E-state index contributed by atoms with van der Waals surface area (Å²) in [4.78, 5) is 12.6. The number of rotatable bonds is 6. The van der Waals surface area contributed by atoms with E-state index in [0.29, 0.717) is 23.9 Å². The van der Waals surface area contributed by atoms with E-state index in [-0.39, 0.29) is 11.2 Å². The first-order chi connectivity index (χ1) is 11.6. The molecule has 0 bridgehead atoms. The number of nitrogens with zero attached hydrogens (tertiary/aromatic N) is 3. The number of amides is 1. The van der Waals surface area contributed by atoms with E-state index < -0.39 is 0 Å². The monoisotopic (exact) mass is 348 g/mol. The maximum absolute atomic E-state index is 12.6. The molecular formula is C18H28N4OS. The summed E-state index contributed by atoms with van der Waals surface area (Å²) in [6.07, 6.45) is 9.82. The van der Waals surface area contributed by atoms with Crippen LogP contribution in [0.25, 0.3) is 0 Å². The third kappa shape index (κ3) is 3.48. The van der Waals surface area contributed by atoms with E-state index in [0.717, 1.165) is 17.4 Å². The van der Waals surface area contributed by atoms with Gasteiger partial charge in [-0.15, -0.1) is 10.2 Å². The highest BCUT2D eigenvalue weighted by atomic mass is 32.2. The van der Waals surface area contributed by atoms with Gasteiger partial charge in [0, 0.05) is 18.0 Å². The summed E-state index contributed by atoms with van der Waals surface area (Å²) in [5.74, 6) is 2.52. The number of hydrogen-bond acceptors (Lipinski definition) is 4. The van der Waals surface area contributed by atoms with Crippen LogP contribution in [0, 0.1) is 5.92 Å². The Kier molecular flexibility index (Phi) is 4.58. The van der Waals surface area contributed by atoms with Crippen molar-refractivity contribution >= 4 is 17.7 Å². The number of aromatic nitrogens is 3. The highest BCUT2D eigenvalue weighted by molar-refractivity contribution is 8.00. The van der Waals surface area contributed by atoms with Crippen LogP contribution in [-0.2, 0) is 4.79 Å². The van der Waals surface area contributed by atoms with E-state index in [1.54, 1.807) is 11.8 Å². The molecule has 1 aromatic heterocycles. The molecule has 1 amide bonds. The Labute approximate surface area is 148 Å². The van der Waals surface area contributed by atoms with Crippen LogP contribution in [0.2, 0.25) is 0 Å². The van der Waals surface area contributed by atoms with E-state index in [1.165, 1.54) is 44.9 Å². The van der Waals surface area contributed by atoms with Crippen molar-refractivity contribution in [2.45, 2.75) is 93.6 Å². The highest BCUT2D eigenvalue weighted by Gasteiger charge is 2.37. The van der Waals surface area contributed by atoms with Gasteiger partial charge in [0.2, 0.25) is 5.91 Å². The molecule has 0 saturated heterocycles. The van der Waals surface area contributed by atoms with E-state index in [9.17, 15) is 4.79 Å². The summed E-state index contributed by atoms with van der Waals surface area (Å²) in [6, 6.07) is 0.921. The fourth-order valence-corrected chi connectivity index (χ4v) is 4.64. The van der Waals surface area contributed by atoms with Crippen molar-refractivity contribution in [3.05, 3.63) is 5.82 Å². The van der Waals surface area contributed by atoms with Crippen molar-refractivity contribution in [1.82, 2.24) is 20.1 Å². The molecule has 0 aliphatic heterocycles. The van der Waals surface area contributed by atoms with Crippen molar-refractivity contribution in [1.29, 1.82) is 0 Å². The van der Waals surface area contributed by atoms with Crippen molar-refractivity contribution in [3.8, 4) is 0 Å². The summed E-state index contributed by atoms with van der Waals surface area (Å²) in [7, 11) is 0. The molecule has 1 aromatic rings. The van der Waals surface area contributed by atoms with Crippen LogP contribution in [0.1, 0.15) is 83.0 Å². The Bertz CT molecular complexity index is 608. The smallest absolute Gasteiger partial charge is 0.233 e. The Balaban J connectivity index is 1.40. The van der Waals surface area contributed by atoms with Gasteiger partial charge >= 0.3 is 0 Å². The third-order valence-corrected chi connectivity index (χ3v) is 6.69. The van der Waals surface area contributed by atoms with Crippen LogP contribution in [0.3, 0.4) is 0 Å². The Morgan fingerprint density at radius 3 is 2.58 bits per heavy atom. The second-order valence-corrected chi connectivity index (χ2v) is 9.16. The van der Waals surface area contributed by atoms with E-state index >= 15 is 0 Å². The normalized spacial score (nSPS) is 28.6. The first-order valence-electron chi connectivity index (χ1n) is 9.55. The van der Waals surface area contributed by atoms with Crippen LogP contribution >= 0.6 is 11.8 Å². The van der Waals surface area contributed by atoms with E-state index in [4.69, 9.17) is 0 Å². The fourth-order valence-electron chi connectivity index (χ4n) is 3.71. The van der Waals surface area contributed by atoms with Gasteiger partial charge in [0.25, 0.3) is 0 Å². The molecule has 4 rings (SSSR count). The van der Waals surface area contributed by atoms with Gasteiger partial charge in [-0.25, -0.2) is 0 Å². The first kappa shape index (κ1) is 16.4. The van der Waals surface area contributed by atoms with Gasteiger partial charge in [0.05, 0.1) is 5.25 Å². The van der Waals surface area contributed by atoms with Gasteiger partial charge in [0.15, 0.2) is 5.16 Å². The Morgan fingerprint density at radius 1 is 1.17 bits per heavy atom. The molecule has 0 aromatic carbocycles. The van der Waals surface area contributed by atoms with Gasteiger partial charge in [-0.3, -0.25) is 4.79 Å². The first-order valence-corrected chi connectivity index (χ1v) is 10.4. The molecule has 1 heterocycles. The highest BCUT2D eigenvalue weighted by Crippen LogP contribution is 2.46. The van der Waals surface area contributed by atoms with Gasteiger partial charge < -0.3 is 9.88 Å². The molecule has 132 valence electrons. The van der Waals surface area contributed by atoms with Crippen molar-refractivity contribution in [2.75, 3.05) is 0 Å². The summed E-state index contributed by atoms with van der Waals surface area (Å²) in [5, 5.41) is 13.0. The minimum atomic E-state index is -0.118. The minimum Gasteiger partial charge on any atom is -0.352 e. The maximum atomic E-state index is 12.6.